The van der Waals surface area contributed by atoms with Crippen LogP contribution in [0.15, 0.2) is 40.9 Å². The Morgan fingerprint density at radius 3 is 2.20 bits per heavy atom. The Morgan fingerprint density at radius 2 is 1.60 bits per heavy atom. The molecule has 40 heavy (non-hydrogen) atoms. The summed E-state index contributed by atoms with van der Waals surface area (Å²) in [5.41, 5.74) is -0.239. The quantitative estimate of drug-likeness (QED) is 0.376. The van der Waals surface area contributed by atoms with Gasteiger partial charge in [0.2, 0.25) is 11.8 Å². The van der Waals surface area contributed by atoms with Gasteiger partial charge in [-0.1, -0.05) is 45.2 Å². The van der Waals surface area contributed by atoms with Crippen LogP contribution in [0.25, 0.3) is 0 Å². The van der Waals surface area contributed by atoms with Gasteiger partial charge in [-0.25, -0.2) is 0 Å². The summed E-state index contributed by atoms with van der Waals surface area (Å²) in [5, 5.41) is 0.690. The first-order valence-electron chi connectivity index (χ1n) is 12.9. The lowest BCUT2D eigenvalue weighted by Gasteiger charge is -2.44. The Kier molecular flexibility index (Phi) is 9.42. The highest BCUT2D eigenvalue weighted by molar-refractivity contribution is 9.10. The van der Waals surface area contributed by atoms with Crippen molar-refractivity contribution in [2.24, 2.45) is 5.92 Å². The maximum atomic E-state index is 13.5. The van der Waals surface area contributed by atoms with Crippen LogP contribution >= 0.6 is 39.1 Å². The van der Waals surface area contributed by atoms with Gasteiger partial charge < -0.3 is 14.7 Å². The topological polar surface area (TPSA) is 60.9 Å². The zero-order valence-corrected chi connectivity index (χ0v) is 25.1. The molecule has 0 aliphatic carbocycles. The summed E-state index contributed by atoms with van der Waals surface area (Å²) in [6.07, 6.45) is -3.02. The highest BCUT2D eigenvalue weighted by atomic mass is 79.9. The van der Waals surface area contributed by atoms with Crippen LogP contribution in [0.4, 0.5) is 13.2 Å². The Labute approximate surface area is 249 Å². The molecular formula is C28H29BrCl2F3N3O3. The molecular weight excluding hydrogens is 634 g/mol. The van der Waals surface area contributed by atoms with E-state index in [4.69, 9.17) is 23.2 Å². The second-order valence-electron chi connectivity index (χ2n) is 10.3. The number of likely N-dealkylation sites (tertiary alicyclic amines) is 2. The van der Waals surface area contributed by atoms with Crippen LogP contribution in [0.1, 0.15) is 53.6 Å². The molecule has 0 N–H and O–H groups in total. The molecule has 2 aromatic rings. The number of piperidine rings is 2. The SMILES string of the molecule is CC(=O)N1CCC(C(=O)N2CC[C@@H](N(C)C(=O)c3cc(Br)cc(C(F)(F)F)c3)[C@H](c3ccc(Cl)c(Cl)c3)C2)CC1. The Bertz CT molecular complexity index is 1300. The Morgan fingerprint density at radius 1 is 0.950 bits per heavy atom. The molecule has 2 heterocycles. The predicted octanol–water partition coefficient (Wildman–Crippen LogP) is 6.49. The number of rotatable bonds is 4. The zero-order valence-electron chi connectivity index (χ0n) is 22.0. The number of nitrogens with zero attached hydrogens (tertiary/aromatic N) is 3. The lowest BCUT2D eigenvalue weighted by atomic mass is 9.83. The molecule has 6 nitrogen and oxygen atoms in total. The molecule has 2 aliphatic rings. The highest BCUT2D eigenvalue weighted by Crippen LogP contribution is 2.37. The van der Waals surface area contributed by atoms with E-state index in [0.717, 1.165) is 17.7 Å². The number of hydrogen-bond acceptors (Lipinski definition) is 3. The van der Waals surface area contributed by atoms with E-state index < -0.39 is 23.7 Å². The van der Waals surface area contributed by atoms with E-state index in [1.54, 1.807) is 35.0 Å². The first-order valence-corrected chi connectivity index (χ1v) is 14.5. The summed E-state index contributed by atoms with van der Waals surface area (Å²) in [5.74, 6) is -1.12. The minimum atomic E-state index is -4.60. The lowest BCUT2D eigenvalue weighted by molar-refractivity contribution is -0.141. The van der Waals surface area contributed by atoms with Crippen LogP contribution in [0, 0.1) is 5.92 Å². The fourth-order valence-electron chi connectivity index (χ4n) is 5.60. The molecule has 2 atom stereocenters. The van der Waals surface area contributed by atoms with Crippen LogP contribution < -0.4 is 0 Å². The molecule has 0 unspecified atom stereocenters. The second kappa shape index (κ2) is 12.3. The molecule has 216 valence electrons. The Hall–Kier alpha value is -2.30. The van der Waals surface area contributed by atoms with Crippen molar-refractivity contribution in [3.8, 4) is 0 Å². The summed E-state index contributed by atoms with van der Waals surface area (Å²) >= 11 is 15.6. The summed E-state index contributed by atoms with van der Waals surface area (Å²) in [6, 6.07) is 7.89. The number of carbonyl (C=O) groups excluding carboxylic acids is 3. The maximum absolute atomic E-state index is 13.5. The molecule has 2 fully saturated rings. The van der Waals surface area contributed by atoms with E-state index in [2.05, 4.69) is 15.9 Å². The average Bonchev–Trinajstić information content (AvgIpc) is 2.92. The summed E-state index contributed by atoms with van der Waals surface area (Å²) in [7, 11) is 1.57. The van der Waals surface area contributed by atoms with Gasteiger partial charge >= 0.3 is 6.18 Å². The van der Waals surface area contributed by atoms with Gasteiger partial charge in [0.1, 0.15) is 0 Å². The van der Waals surface area contributed by atoms with E-state index >= 15 is 0 Å². The third-order valence-electron chi connectivity index (χ3n) is 7.84. The Balaban J connectivity index is 1.59. The molecule has 0 saturated carbocycles. The standard InChI is InChI=1S/C28H29BrCl2F3N3O3/c1-16(38)36-8-5-17(6-9-36)27(40)37-10-7-25(22(15-37)18-3-4-23(30)24(31)13-18)35(2)26(39)19-11-20(28(32,33)34)14-21(29)12-19/h3-4,11-14,17,22,25H,5-10,15H2,1-2H3/t22-,25+/m0/s1. The van der Waals surface area contributed by atoms with Gasteiger partial charge in [0.15, 0.2) is 0 Å². The molecule has 4 rings (SSSR count). The van der Waals surface area contributed by atoms with Crippen molar-refractivity contribution in [1.29, 1.82) is 0 Å². The lowest BCUT2D eigenvalue weighted by Crippen LogP contribution is -2.53. The van der Waals surface area contributed by atoms with Crippen molar-refractivity contribution in [2.45, 2.75) is 44.3 Å². The minimum Gasteiger partial charge on any atom is -0.343 e. The number of alkyl halides is 3. The summed E-state index contributed by atoms with van der Waals surface area (Å²) in [6.45, 7) is 3.27. The first-order chi connectivity index (χ1) is 18.8. The molecule has 0 radical (unpaired) electrons. The van der Waals surface area contributed by atoms with E-state index in [1.807, 2.05) is 0 Å². The maximum Gasteiger partial charge on any atom is 0.416 e. The number of likely N-dealkylation sites (N-methyl/N-ethyl adjacent to an activating group) is 1. The number of hydrogen-bond donors (Lipinski definition) is 0. The average molecular weight is 663 g/mol. The number of amides is 3. The number of benzene rings is 2. The van der Waals surface area contributed by atoms with Gasteiger partial charge in [0.05, 0.1) is 15.6 Å². The van der Waals surface area contributed by atoms with Crippen molar-refractivity contribution in [2.75, 3.05) is 33.2 Å². The third kappa shape index (κ3) is 6.77. The number of carbonyl (C=O) groups is 3. The van der Waals surface area contributed by atoms with Crippen LogP contribution in [0.2, 0.25) is 10.0 Å². The van der Waals surface area contributed by atoms with Crippen LogP contribution in [-0.4, -0.2) is 71.7 Å². The normalized spacial score (nSPS) is 20.4. The predicted molar refractivity (Wildman–Crippen MR) is 150 cm³/mol. The van der Waals surface area contributed by atoms with E-state index in [1.165, 1.54) is 17.9 Å². The van der Waals surface area contributed by atoms with E-state index in [0.29, 0.717) is 55.5 Å². The zero-order chi connectivity index (χ0) is 29.4. The molecule has 2 saturated heterocycles. The van der Waals surface area contributed by atoms with Crippen molar-refractivity contribution >= 4 is 56.9 Å². The fourth-order valence-corrected chi connectivity index (χ4v) is 6.40. The van der Waals surface area contributed by atoms with Gasteiger partial charge in [-0.2, -0.15) is 13.2 Å². The van der Waals surface area contributed by atoms with E-state index in [-0.39, 0.29) is 33.7 Å². The summed E-state index contributed by atoms with van der Waals surface area (Å²) in [4.78, 5) is 43.7. The molecule has 0 spiro atoms. The first kappa shape index (κ1) is 30.7. The van der Waals surface area contributed by atoms with Crippen molar-refractivity contribution in [1.82, 2.24) is 14.7 Å². The van der Waals surface area contributed by atoms with E-state index in [9.17, 15) is 27.6 Å². The van der Waals surface area contributed by atoms with Gasteiger partial charge in [-0.15, -0.1) is 0 Å². The third-order valence-corrected chi connectivity index (χ3v) is 9.04. The largest absolute Gasteiger partial charge is 0.416 e. The molecule has 12 heteroatoms. The molecule has 2 aliphatic heterocycles. The van der Waals surface area contributed by atoms with Gasteiger partial charge in [-0.05, 0) is 55.2 Å². The summed E-state index contributed by atoms with van der Waals surface area (Å²) < 4.78 is 40.4. The molecule has 0 aromatic heterocycles. The van der Waals surface area contributed by atoms with Crippen molar-refractivity contribution < 1.29 is 27.6 Å². The molecule has 0 bridgehead atoms. The van der Waals surface area contributed by atoms with Gasteiger partial charge in [-0.3, -0.25) is 14.4 Å². The molecule has 3 amide bonds. The van der Waals surface area contributed by atoms with Crippen molar-refractivity contribution in [3.05, 3.63) is 67.6 Å². The van der Waals surface area contributed by atoms with Crippen molar-refractivity contribution in [3.63, 3.8) is 0 Å². The van der Waals surface area contributed by atoms with Crippen LogP contribution in [-0.2, 0) is 15.8 Å². The van der Waals surface area contributed by atoms with Crippen LogP contribution in [0.5, 0.6) is 0 Å². The monoisotopic (exact) mass is 661 g/mol. The minimum absolute atomic E-state index is 0.00232. The fraction of sp³-hybridized carbons (Fsp3) is 0.464. The number of halogens is 6. The van der Waals surface area contributed by atoms with Gasteiger partial charge in [0, 0.05) is 68.1 Å². The smallest absolute Gasteiger partial charge is 0.343 e. The highest BCUT2D eigenvalue weighted by Gasteiger charge is 2.40. The van der Waals surface area contributed by atoms with Gasteiger partial charge in [0.25, 0.3) is 5.91 Å². The second-order valence-corrected chi connectivity index (χ2v) is 12.1. The van der Waals surface area contributed by atoms with Crippen LogP contribution in [0.3, 0.4) is 0 Å². The molecule has 2 aromatic carbocycles.